The van der Waals surface area contributed by atoms with Crippen LogP contribution in [0.5, 0.6) is 0 Å². The molecule has 1 unspecified atom stereocenters. The standard InChI is InChI=1S/C33H66O6/c1-4-7-8-9-10-11-12-13-14-15-16-17-18-19-20-21-23-39-33(6-3)32-38-31-30-37-29-28-36-27-26-35-25-24-34-22-5-2/h13-14,33H,4-12,15-32H2,1-3H3/b14-13-. The summed E-state index contributed by atoms with van der Waals surface area (Å²) in [5.74, 6) is 0. The van der Waals surface area contributed by atoms with Gasteiger partial charge in [0.25, 0.3) is 0 Å². The van der Waals surface area contributed by atoms with Gasteiger partial charge in [0.2, 0.25) is 0 Å². The average molecular weight is 559 g/mol. The van der Waals surface area contributed by atoms with Crippen molar-refractivity contribution in [3.8, 4) is 0 Å². The van der Waals surface area contributed by atoms with E-state index >= 15 is 0 Å². The maximum absolute atomic E-state index is 6.01. The van der Waals surface area contributed by atoms with Gasteiger partial charge in [-0.25, -0.2) is 0 Å². The number of hydrogen-bond acceptors (Lipinski definition) is 6. The Kier molecular flexibility index (Phi) is 35.1. The van der Waals surface area contributed by atoms with Crippen molar-refractivity contribution in [2.45, 2.75) is 130 Å². The molecule has 0 spiro atoms. The first-order valence-electron chi connectivity index (χ1n) is 16.5. The van der Waals surface area contributed by atoms with Gasteiger partial charge in [-0.05, 0) is 44.9 Å². The Balaban J connectivity index is 3.29. The van der Waals surface area contributed by atoms with E-state index in [1.165, 1.54) is 83.5 Å². The fourth-order valence-corrected chi connectivity index (χ4v) is 4.12. The molecule has 39 heavy (non-hydrogen) atoms. The lowest BCUT2D eigenvalue weighted by Crippen LogP contribution is -2.21. The first-order valence-corrected chi connectivity index (χ1v) is 16.5. The lowest BCUT2D eigenvalue weighted by atomic mass is 10.1. The molecule has 6 nitrogen and oxygen atoms in total. The molecular formula is C33H66O6. The molecule has 0 radical (unpaired) electrons. The van der Waals surface area contributed by atoms with Crippen LogP contribution in [0.4, 0.5) is 0 Å². The summed E-state index contributed by atoms with van der Waals surface area (Å²) in [6, 6.07) is 0. The van der Waals surface area contributed by atoms with E-state index in [0.717, 1.165) is 32.5 Å². The van der Waals surface area contributed by atoms with Crippen molar-refractivity contribution < 1.29 is 28.4 Å². The SMILES string of the molecule is CCCCCCCC/C=C\CCCCCCCCOC(CC)COCCOCCOCCOCCOCCC. The Morgan fingerprint density at radius 3 is 1.33 bits per heavy atom. The van der Waals surface area contributed by atoms with E-state index in [4.69, 9.17) is 28.4 Å². The summed E-state index contributed by atoms with van der Waals surface area (Å²) in [4.78, 5) is 0. The minimum absolute atomic E-state index is 0.184. The molecule has 1 atom stereocenters. The van der Waals surface area contributed by atoms with Crippen LogP contribution in [0.25, 0.3) is 0 Å². The molecule has 234 valence electrons. The zero-order valence-electron chi connectivity index (χ0n) is 26.3. The van der Waals surface area contributed by atoms with Gasteiger partial charge in [-0.1, -0.05) is 90.7 Å². The zero-order valence-corrected chi connectivity index (χ0v) is 26.3. The Bertz CT molecular complexity index is 459. The second kappa shape index (κ2) is 35.5. The van der Waals surface area contributed by atoms with Crippen molar-refractivity contribution in [2.24, 2.45) is 0 Å². The van der Waals surface area contributed by atoms with E-state index in [9.17, 15) is 0 Å². The van der Waals surface area contributed by atoms with Gasteiger partial charge in [-0.15, -0.1) is 0 Å². The third-order valence-electron chi connectivity index (χ3n) is 6.61. The topological polar surface area (TPSA) is 55.4 Å². The molecule has 0 aromatic rings. The van der Waals surface area contributed by atoms with E-state index in [2.05, 4.69) is 32.9 Å². The van der Waals surface area contributed by atoms with Crippen LogP contribution < -0.4 is 0 Å². The van der Waals surface area contributed by atoms with Gasteiger partial charge in [0, 0.05) is 13.2 Å². The molecule has 0 amide bonds. The van der Waals surface area contributed by atoms with Gasteiger partial charge in [-0.3, -0.25) is 0 Å². The molecule has 0 aromatic heterocycles. The van der Waals surface area contributed by atoms with Crippen molar-refractivity contribution >= 4 is 0 Å². The van der Waals surface area contributed by atoms with Gasteiger partial charge in [0.1, 0.15) is 0 Å². The van der Waals surface area contributed by atoms with Crippen molar-refractivity contribution in [1.29, 1.82) is 0 Å². The second-order valence-electron chi connectivity index (χ2n) is 10.4. The Hall–Kier alpha value is -0.500. The lowest BCUT2D eigenvalue weighted by Gasteiger charge is -2.16. The van der Waals surface area contributed by atoms with Crippen LogP contribution in [0.1, 0.15) is 124 Å². The number of unbranched alkanes of at least 4 members (excludes halogenated alkanes) is 12. The van der Waals surface area contributed by atoms with E-state index in [1.807, 2.05) is 0 Å². The summed E-state index contributed by atoms with van der Waals surface area (Å²) in [5.41, 5.74) is 0. The van der Waals surface area contributed by atoms with E-state index < -0.39 is 0 Å². The Morgan fingerprint density at radius 2 is 0.846 bits per heavy atom. The van der Waals surface area contributed by atoms with Crippen molar-refractivity contribution in [1.82, 2.24) is 0 Å². The minimum Gasteiger partial charge on any atom is -0.379 e. The van der Waals surface area contributed by atoms with Crippen LogP contribution >= 0.6 is 0 Å². The lowest BCUT2D eigenvalue weighted by molar-refractivity contribution is -0.0406. The molecule has 0 aromatic carbocycles. The predicted molar refractivity (Wildman–Crippen MR) is 164 cm³/mol. The summed E-state index contributed by atoms with van der Waals surface area (Å²) in [6.45, 7) is 13.6. The van der Waals surface area contributed by atoms with Gasteiger partial charge < -0.3 is 28.4 Å². The maximum Gasteiger partial charge on any atom is 0.0805 e. The third-order valence-corrected chi connectivity index (χ3v) is 6.61. The Morgan fingerprint density at radius 1 is 0.410 bits per heavy atom. The molecular weight excluding hydrogens is 492 g/mol. The highest BCUT2D eigenvalue weighted by atomic mass is 16.6. The molecule has 0 saturated heterocycles. The average Bonchev–Trinajstić information content (AvgIpc) is 2.95. The van der Waals surface area contributed by atoms with Gasteiger partial charge in [-0.2, -0.15) is 0 Å². The highest BCUT2D eigenvalue weighted by Crippen LogP contribution is 2.10. The number of ether oxygens (including phenoxy) is 6. The molecule has 6 heteroatoms. The molecule has 0 bridgehead atoms. The zero-order chi connectivity index (χ0) is 28.3. The quantitative estimate of drug-likeness (QED) is 0.0585. The number of allylic oxidation sites excluding steroid dienone is 2. The molecule has 0 aliphatic carbocycles. The molecule has 0 heterocycles. The van der Waals surface area contributed by atoms with Gasteiger partial charge >= 0.3 is 0 Å². The molecule has 0 saturated carbocycles. The molecule has 0 aliphatic heterocycles. The first-order chi connectivity index (χ1) is 19.3. The van der Waals surface area contributed by atoms with E-state index in [-0.39, 0.29) is 6.10 Å². The summed E-state index contributed by atoms with van der Waals surface area (Å²) >= 11 is 0. The predicted octanol–water partition coefficient (Wildman–Crippen LogP) is 8.31. The fourth-order valence-electron chi connectivity index (χ4n) is 4.12. The summed E-state index contributed by atoms with van der Waals surface area (Å²) in [7, 11) is 0. The van der Waals surface area contributed by atoms with Crippen LogP contribution in [0.3, 0.4) is 0 Å². The van der Waals surface area contributed by atoms with Crippen LogP contribution in [-0.2, 0) is 28.4 Å². The summed E-state index contributed by atoms with van der Waals surface area (Å²) < 4.78 is 33.6. The van der Waals surface area contributed by atoms with Crippen LogP contribution in [0, 0.1) is 0 Å². The molecule has 0 aliphatic rings. The second-order valence-corrected chi connectivity index (χ2v) is 10.4. The van der Waals surface area contributed by atoms with E-state index in [1.54, 1.807) is 0 Å². The molecule has 0 fully saturated rings. The van der Waals surface area contributed by atoms with E-state index in [0.29, 0.717) is 59.5 Å². The van der Waals surface area contributed by atoms with Crippen molar-refractivity contribution in [2.75, 3.05) is 72.7 Å². The Labute approximate surface area is 242 Å². The monoisotopic (exact) mass is 558 g/mol. The highest BCUT2D eigenvalue weighted by Gasteiger charge is 2.06. The van der Waals surface area contributed by atoms with Crippen LogP contribution in [0.2, 0.25) is 0 Å². The maximum atomic E-state index is 6.01. The third kappa shape index (κ3) is 33.6. The number of hydrogen-bond donors (Lipinski definition) is 0. The smallest absolute Gasteiger partial charge is 0.0805 e. The first kappa shape index (κ1) is 38.5. The van der Waals surface area contributed by atoms with Crippen LogP contribution in [0.15, 0.2) is 12.2 Å². The number of rotatable bonds is 34. The van der Waals surface area contributed by atoms with Gasteiger partial charge in [0.05, 0.1) is 65.6 Å². The van der Waals surface area contributed by atoms with Crippen LogP contribution in [-0.4, -0.2) is 78.8 Å². The van der Waals surface area contributed by atoms with Crippen molar-refractivity contribution in [3.63, 3.8) is 0 Å². The van der Waals surface area contributed by atoms with Crippen molar-refractivity contribution in [3.05, 3.63) is 12.2 Å². The van der Waals surface area contributed by atoms with Gasteiger partial charge in [0.15, 0.2) is 0 Å². The summed E-state index contributed by atoms with van der Waals surface area (Å²) in [6.07, 6.45) is 25.6. The normalized spacial score (nSPS) is 12.6. The summed E-state index contributed by atoms with van der Waals surface area (Å²) in [5, 5.41) is 0. The highest BCUT2D eigenvalue weighted by molar-refractivity contribution is 4.81. The fraction of sp³-hybridized carbons (Fsp3) is 0.939. The molecule has 0 N–H and O–H groups in total. The largest absolute Gasteiger partial charge is 0.379 e. The molecule has 0 rings (SSSR count). The minimum atomic E-state index is 0.184.